The fourth-order valence-electron chi connectivity index (χ4n) is 3.15. The minimum Gasteiger partial charge on any atom is -0.457 e. The molecule has 0 rings (SSSR count). The van der Waals surface area contributed by atoms with Crippen LogP contribution in [0.1, 0.15) is 130 Å². The number of hydrogen-bond donors (Lipinski definition) is 0. The van der Waals surface area contributed by atoms with Crippen molar-refractivity contribution in [3.63, 3.8) is 0 Å². The van der Waals surface area contributed by atoms with Crippen LogP contribution in [0.3, 0.4) is 0 Å². The molecule has 0 aliphatic heterocycles. The van der Waals surface area contributed by atoms with Crippen LogP contribution in [-0.2, 0) is 9.53 Å². The van der Waals surface area contributed by atoms with Crippen molar-refractivity contribution in [3.8, 4) is 0 Å². The quantitative estimate of drug-likeness (QED) is 0.147. The number of carbonyl (C=O) groups excluding carboxylic acids is 1. The molecule has 0 bridgehead atoms. The molecule has 0 aromatic heterocycles. The second-order valence-electron chi connectivity index (χ2n) is 8.67. The van der Waals surface area contributed by atoms with Gasteiger partial charge in [0, 0.05) is 6.08 Å². The minimum absolute atomic E-state index is 0.224. The van der Waals surface area contributed by atoms with Crippen LogP contribution in [0.25, 0.3) is 0 Å². The van der Waals surface area contributed by atoms with E-state index in [-0.39, 0.29) is 5.97 Å². The number of unbranched alkanes of at least 4 members (excludes halogenated alkanes) is 15. The average Bonchev–Trinajstić information content (AvgIpc) is 2.56. The molecule has 0 N–H and O–H groups in total. The van der Waals surface area contributed by atoms with E-state index in [4.69, 9.17) is 4.74 Å². The Hall–Kier alpha value is -0.790. The summed E-state index contributed by atoms with van der Waals surface area (Å²) in [6.07, 6.45) is 25.3. The Labute approximate surface area is 164 Å². The zero-order chi connectivity index (χ0) is 19.5. The van der Waals surface area contributed by atoms with E-state index in [1.54, 1.807) is 6.08 Å². The van der Waals surface area contributed by atoms with Crippen molar-refractivity contribution in [1.29, 1.82) is 0 Å². The van der Waals surface area contributed by atoms with Gasteiger partial charge in [0.05, 0.1) is 0 Å². The molecule has 154 valence electrons. The van der Waals surface area contributed by atoms with E-state index in [1.807, 2.05) is 26.8 Å². The normalized spacial score (nSPS) is 12.0. The Kier molecular flexibility index (Phi) is 17.1. The third-order valence-corrected chi connectivity index (χ3v) is 4.64. The molecule has 0 heterocycles. The Balaban J connectivity index is 3.21. The Morgan fingerprint density at radius 2 is 1.08 bits per heavy atom. The highest BCUT2D eigenvalue weighted by Gasteiger charge is 2.13. The third kappa shape index (κ3) is 21.3. The number of allylic oxidation sites excluding steroid dienone is 1. The number of rotatable bonds is 17. The predicted octanol–water partition coefficient (Wildman–Crippen LogP) is 8.15. The van der Waals surface area contributed by atoms with Gasteiger partial charge in [-0.3, -0.25) is 0 Å². The maximum absolute atomic E-state index is 11.5. The van der Waals surface area contributed by atoms with Crippen LogP contribution in [0.15, 0.2) is 12.2 Å². The lowest BCUT2D eigenvalue weighted by molar-refractivity contribution is -0.148. The molecule has 0 saturated heterocycles. The Morgan fingerprint density at radius 1 is 0.692 bits per heavy atom. The first-order valence-corrected chi connectivity index (χ1v) is 11.3. The molecule has 2 nitrogen and oxygen atoms in total. The van der Waals surface area contributed by atoms with E-state index in [2.05, 4.69) is 6.92 Å². The zero-order valence-electron chi connectivity index (χ0n) is 18.3. The summed E-state index contributed by atoms with van der Waals surface area (Å²) >= 11 is 0. The van der Waals surface area contributed by atoms with Crippen LogP contribution >= 0.6 is 0 Å². The van der Waals surface area contributed by atoms with Gasteiger partial charge in [-0.2, -0.15) is 0 Å². The van der Waals surface area contributed by atoms with Crippen molar-refractivity contribution in [2.45, 2.75) is 136 Å². The van der Waals surface area contributed by atoms with Gasteiger partial charge in [-0.15, -0.1) is 0 Å². The first-order chi connectivity index (χ1) is 12.5. The first-order valence-electron chi connectivity index (χ1n) is 11.3. The van der Waals surface area contributed by atoms with Gasteiger partial charge in [-0.25, -0.2) is 4.79 Å². The molecular formula is C24H46O2. The second kappa shape index (κ2) is 17.6. The van der Waals surface area contributed by atoms with Crippen molar-refractivity contribution in [3.05, 3.63) is 12.2 Å². The summed E-state index contributed by atoms with van der Waals surface area (Å²) in [7, 11) is 0. The highest BCUT2D eigenvalue weighted by atomic mass is 16.6. The van der Waals surface area contributed by atoms with Gasteiger partial charge >= 0.3 is 5.97 Å². The maximum atomic E-state index is 11.5. The van der Waals surface area contributed by atoms with E-state index in [0.29, 0.717) is 0 Å². The monoisotopic (exact) mass is 366 g/mol. The molecule has 0 spiro atoms. The summed E-state index contributed by atoms with van der Waals surface area (Å²) in [6, 6.07) is 0. The Morgan fingerprint density at radius 3 is 1.46 bits per heavy atom. The summed E-state index contributed by atoms with van der Waals surface area (Å²) in [5, 5.41) is 0. The van der Waals surface area contributed by atoms with Crippen LogP contribution in [0, 0.1) is 0 Å². The van der Waals surface area contributed by atoms with Crippen LogP contribution in [-0.4, -0.2) is 11.6 Å². The molecule has 0 unspecified atom stereocenters. The largest absolute Gasteiger partial charge is 0.457 e. The highest BCUT2D eigenvalue weighted by Crippen LogP contribution is 2.14. The Bertz CT molecular complexity index is 339. The molecule has 0 radical (unpaired) electrons. The molecule has 0 aromatic carbocycles. The van der Waals surface area contributed by atoms with Gasteiger partial charge in [0.1, 0.15) is 5.60 Å². The van der Waals surface area contributed by atoms with Crippen molar-refractivity contribution in [1.82, 2.24) is 0 Å². The fraction of sp³-hybridized carbons (Fsp3) is 0.875. The SMILES string of the molecule is CCCCCCCCCCCCCCCCCC=CC(=O)OC(C)(C)C. The van der Waals surface area contributed by atoms with Gasteiger partial charge in [0.2, 0.25) is 0 Å². The van der Waals surface area contributed by atoms with E-state index in [1.165, 1.54) is 96.3 Å². The van der Waals surface area contributed by atoms with Crippen LogP contribution in [0.2, 0.25) is 0 Å². The van der Waals surface area contributed by atoms with Crippen LogP contribution in [0.5, 0.6) is 0 Å². The van der Waals surface area contributed by atoms with Gasteiger partial charge in [-0.05, 0) is 33.6 Å². The minimum atomic E-state index is -0.393. The van der Waals surface area contributed by atoms with E-state index in [0.717, 1.165) is 6.42 Å². The van der Waals surface area contributed by atoms with Gasteiger partial charge in [0.15, 0.2) is 0 Å². The average molecular weight is 367 g/mol. The van der Waals surface area contributed by atoms with Crippen molar-refractivity contribution >= 4 is 5.97 Å². The molecule has 2 heteroatoms. The number of ether oxygens (including phenoxy) is 1. The molecule has 0 atom stereocenters. The molecule has 0 amide bonds. The van der Waals surface area contributed by atoms with E-state index >= 15 is 0 Å². The second-order valence-corrected chi connectivity index (χ2v) is 8.67. The number of esters is 1. The first kappa shape index (κ1) is 25.2. The smallest absolute Gasteiger partial charge is 0.330 e. The molecule has 0 aromatic rings. The molecular weight excluding hydrogens is 320 g/mol. The van der Waals surface area contributed by atoms with Crippen molar-refractivity contribution < 1.29 is 9.53 Å². The number of carbonyl (C=O) groups is 1. The fourth-order valence-corrected chi connectivity index (χ4v) is 3.15. The number of hydrogen-bond acceptors (Lipinski definition) is 2. The predicted molar refractivity (Wildman–Crippen MR) is 115 cm³/mol. The standard InChI is InChI=1S/C24H46O2/c1-5-6-7-8-9-10-11-12-13-14-15-16-17-18-19-20-21-22-23(25)26-24(2,3)4/h21-22H,5-20H2,1-4H3. The lowest BCUT2D eigenvalue weighted by Crippen LogP contribution is -2.22. The van der Waals surface area contributed by atoms with Crippen molar-refractivity contribution in [2.24, 2.45) is 0 Å². The molecule has 0 saturated carbocycles. The lowest BCUT2D eigenvalue weighted by atomic mass is 10.0. The lowest BCUT2D eigenvalue weighted by Gasteiger charge is -2.17. The van der Waals surface area contributed by atoms with Gasteiger partial charge in [-0.1, -0.05) is 103 Å². The molecule has 0 fully saturated rings. The maximum Gasteiger partial charge on any atom is 0.330 e. The van der Waals surface area contributed by atoms with Crippen LogP contribution < -0.4 is 0 Å². The molecule has 0 aliphatic carbocycles. The highest BCUT2D eigenvalue weighted by molar-refractivity contribution is 5.82. The zero-order valence-corrected chi connectivity index (χ0v) is 18.3. The van der Waals surface area contributed by atoms with E-state index < -0.39 is 5.60 Å². The van der Waals surface area contributed by atoms with Gasteiger partial charge < -0.3 is 4.74 Å². The summed E-state index contributed by atoms with van der Waals surface area (Å²) in [4.78, 5) is 11.5. The summed E-state index contributed by atoms with van der Waals surface area (Å²) in [6.45, 7) is 7.97. The summed E-state index contributed by atoms with van der Waals surface area (Å²) < 4.78 is 5.24. The molecule has 26 heavy (non-hydrogen) atoms. The summed E-state index contributed by atoms with van der Waals surface area (Å²) in [5.41, 5.74) is -0.393. The van der Waals surface area contributed by atoms with Crippen LogP contribution in [0.4, 0.5) is 0 Å². The van der Waals surface area contributed by atoms with E-state index in [9.17, 15) is 4.79 Å². The topological polar surface area (TPSA) is 26.3 Å². The van der Waals surface area contributed by atoms with Crippen molar-refractivity contribution in [2.75, 3.05) is 0 Å². The third-order valence-electron chi connectivity index (χ3n) is 4.64. The molecule has 0 aliphatic rings. The van der Waals surface area contributed by atoms with Gasteiger partial charge in [0.25, 0.3) is 0 Å². The summed E-state index contributed by atoms with van der Waals surface area (Å²) in [5.74, 6) is -0.224.